The maximum atomic E-state index is 13.1. The van der Waals surface area contributed by atoms with Gasteiger partial charge >= 0.3 is 0 Å². The van der Waals surface area contributed by atoms with E-state index in [0.29, 0.717) is 6.42 Å². The molecule has 0 spiro atoms. The monoisotopic (exact) mass is 189 g/mol. The van der Waals surface area contributed by atoms with Crippen molar-refractivity contribution in [2.75, 3.05) is 0 Å². The smallest absolute Gasteiger partial charge is 0.257 e. The summed E-state index contributed by atoms with van der Waals surface area (Å²) in [4.78, 5) is 11.2. The van der Waals surface area contributed by atoms with Crippen molar-refractivity contribution in [1.29, 1.82) is 0 Å². The number of rotatable bonds is 2. The minimum absolute atomic E-state index is 0.262. The van der Waals surface area contributed by atoms with E-state index in [1.165, 1.54) is 13.8 Å². The van der Waals surface area contributed by atoms with Crippen LogP contribution in [0.3, 0.4) is 0 Å². The SMILES string of the molecule is CC(C)(F)C(=O)NC1CCCC1O. The number of aliphatic hydroxyl groups excluding tert-OH is 1. The fourth-order valence-corrected chi connectivity index (χ4v) is 1.45. The van der Waals surface area contributed by atoms with Crippen LogP contribution in [0.5, 0.6) is 0 Å². The van der Waals surface area contributed by atoms with Gasteiger partial charge in [-0.1, -0.05) is 0 Å². The highest BCUT2D eigenvalue weighted by molar-refractivity contribution is 5.84. The van der Waals surface area contributed by atoms with Crippen molar-refractivity contribution in [3.05, 3.63) is 0 Å². The second kappa shape index (κ2) is 3.62. The topological polar surface area (TPSA) is 49.3 Å². The number of amides is 1. The summed E-state index contributed by atoms with van der Waals surface area (Å²) >= 11 is 0. The minimum Gasteiger partial charge on any atom is -0.391 e. The average Bonchev–Trinajstić information content (AvgIpc) is 2.34. The Labute approximate surface area is 77.3 Å². The molecule has 13 heavy (non-hydrogen) atoms. The molecule has 0 aromatic heterocycles. The lowest BCUT2D eigenvalue weighted by atomic mass is 10.1. The van der Waals surface area contributed by atoms with Crippen molar-refractivity contribution >= 4 is 5.91 Å². The fraction of sp³-hybridized carbons (Fsp3) is 0.889. The normalized spacial score (nSPS) is 28.9. The number of carbonyl (C=O) groups excluding carboxylic acids is 1. The van der Waals surface area contributed by atoms with E-state index in [1.54, 1.807) is 0 Å². The first-order valence-electron chi connectivity index (χ1n) is 4.59. The highest BCUT2D eigenvalue weighted by atomic mass is 19.1. The standard InChI is InChI=1S/C9H16FNO2/c1-9(2,10)8(13)11-6-4-3-5-7(6)12/h6-7,12H,3-5H2,1-2H3,(H,11,13). The molecule has 0 aromatic rings. The van der Waals surface area contributed by atoms with E-state index in [1.807, 2.05) is 0 Å². The maximum absolute atomic E-state index is 13.1. The van der Waals surface area contributed by atoms with Crippen molar-refractivity contribution in [3.8, 4) is 0 Å². The summed E-state index contributed by atoms with van der Waals surface area (Å²) in [6, 6.07) is -0.262. The van der Waals surface area contributed by atoms with Crippen LogP contribution in [-0.4, -0.2) is 28.8 Å². The van der Waals surface area contributed by atoms with E-state index in [2.05, 4.69) is 5.32 Å². The van der Waals surface area contributed by atoms with Crippen LogP contribution < -0.4 is 5.32 Å². The van der Waals surface area contributed by atoms with Crippen molar-refractivity contribution < 1.29 is 14.3 Å². The Hall–Kier alpha value is -0.640. The lowest BCUT2D eigenvalue weighted by Crippen LogP contribution is -2.47. The van der Waals surface area contributed by atoms with E-state index in [9.17, 15) is 14.3 Å². The molecule has 1 rings (SSSR count). The van der Waals surface area contributed by atoms with Gasteiger partial charge in [0.15, 0.2) is 5.67 Å². The zero-order valence-electron chi connectivity index (χ0n) is 8.01. The summed E-state index contributed by atoms with van der Waals surface area (Å²) in [5.74, 6) is -0.640. The van der Waals surface area contributed by atoms with Crippen LogP contribution in [0.25, 0.3) is 0 Å². The van der Waals surface area contributed by atoms with Crippen LogP contribution in [-0.2, 0) is 4.79 Å². The number of nitrogens with one attached hydrogen (secondary N) is 1. The third-order valence-electron chi connectivity index (χ3n) is 2.34. The number of hydrogen-bond donors (Lipinski definition) is 2. The quantitative estimate of drug-likeness (QED) is 0.674. The van der Waals surface area contributed by atoms with Crippen LogP contribution in [0.4, 0.5) is 4.39 Å². The number of hydrogen-bond acceptors (Lipinski definition) is 2. The van der Waals surface area contributed by atoms with E-state index in [-0.39, 0.29) is 6.04 Å². The molecule has 1 saturated carbocycles. The third kappa shape index (κ3) is 2.66. The lowest BCUT2D eigenvalue weighted by Gasteiger charge is -2.20. The first-order valence-corrected chi connectivity index (χ1v) is 4.59. The van der Waals surface area contributed by atoms with Gasteiger partial charge < -0.3 is 10.4 Å². The van der Waals surface area contributed by atoms with Crippen LogP contribution >= 0.6 is 0 Å². The summed E-state index contributed by atoms with van der Waals surface area (Å²) in [5, 5.41) is 11.9. The Morgan fingerprint density at radius 2 is 2.15 bits per heavy atom. The molecular weight excluding hydrogens is 173 g/mol. The zero-order chi connectivity index (χ0) is 10.1. The Morgan fingerprint density at radius 1 is 1.54 bits per heavy atom. The van der Waals surface area contributed by atoms with Crippen LogP contribution in [0.15, 0.2) is 0 Å². The Kier molecular flexibility index (Phi) is 2.91. The van der Waals surface area contributed by atoms with Gasteiger partial charge in [0.25, 0.3) is 5.91 Å². The molecule has 1 aliphatic carbocycles. The maximum Gasteiger partial charge on any atom is 0.257 e. The lowest BCUT2D eigenvalue weighted by molar-refractivity contribution is -0.132. The molecule has 2 N–H and O–H groups in total. The summed E-state index contributed by atoms with van der Waals surface area (Å²) in [7, 11) is 0. The predicted octanol–water partition coefficient (Wildman–Crippen LogP) is 0.764. The summed E-state index contributed by atoms with van der Waals surface area (Å²) in [6.07, 6.45) is 1.81. The molecule has 3 nitrogen and oxygen atoms in total. The molecule has 0 bridgehead atoms. The second-order valence-electron chi connectivity index (χ2n) is 4.05. The van der Waals surface area contributed by atoms with Crippen LogP contribution in [0.2, 0.25) is 0 Å². The molecule has 2 atom stereocenters. The molecule has 4 heteroatoms. The van der Waals surface area contributed by atoms with Gasteiger partial charge in [0.05, 0.1) is 12.1 Å². The van der Waals surface area contributed by atoms with Gasteiger partial charge in [-0.2, -0.15) is 0 Å². The Bertz CT molecular complexity index is 200. The molecule has 76 valence electrons. The molecule has 0 radical (unpaired) electrons. The minimum atomic E-state index is -1.86. The van der Waals surface area contributed by atoms with Gasteiger partial charge in [0.1, 0.15) is 0 Å². The van der Waals surface area contributed by atoms with E-state index in [0.717, 1.165) is 12.8 Å². The van der Waals surface area contributed by atoms with Crippen molar-refractivity contribution in [1.82, 2.24) is 5.32 Å². The number of aliphatic hydroxyl groups is 1. The molecular formula is C9H16FNO2. The number of halogens is 1. The molecule has 1 fully saturated rings. The van der Waals surface area contributed by atoms with E-state index >= 15 is 0 Å². The molecule has 1 amide bonds. The molecule has 0 aliphatic heterocycles. The first kappa shape index (κ1) is 10.4. The van der Waals surface area contributed by atoms with Gasteiger partial charge in [-0.3, -0.25) is 4.79 Å². The summed E-state index contributed by atoms with van der Waals surface area (Å²) in [5.41, 5.74) is -1.86. The van der Waals surface area contributed by atoms with E-state index in [4.69, 9.17) is 0 Å². The fourth-order valence-electron chi connectivity index (χ4n) is 1.45. The molecule has 0 heterocycles. The van der Waals surface area contributed by atoms with Crippen molar-refractivity contribution in [2.24, 2.45) is 0 Å². The van der Waals surface area contributed by atoms with Crippen molar-refractivity contribution in [3.63, 3.8) is 0 Å². The Morgan fingerprint density at radius 3 is 2.54 bits per heavy atom. The summed E-state index contributed by atoms with van der Waals surface area (Å²) < 4.78 is 13.1. The number of carbonyl (C=O) groups is 1. The third-order valence-corrected chi connectivity index (χ3v) is 2.34. The zero-order valence-corrected chi connectivity index (χ0v) is 8.01. The predicted molar refractivity (Wildman–Crippen MR) is 47.0 cm³/mol. The van der Waals surface area contributed by atoms with Gasteiger partial charge in [0, 0.05) is 0 Å². The van der Waals surface area contributed by atoms with Crippen molar-refractivity contribution in [2.45, 2.75) is 50.9 Å². The van der Waals surface area contributed by atoms with Gasteiger partial charge in [-0.15, -0.1) is 0 Å². The molecule has 0 saturated heterocycles. The van der Waals surface area contributed by atoms with E-state index < -0.39 is 17.7 Å². The largest absolute Gasteiger partial charge is 0.391 e. The molecule has 0 aromatic carbocycles. The van der Waals surface area contributed by atoms with Crippen LogP contribution in [0.1, 0.15) is 33.1 Å². The second-order valence-corrected chi connectivity index (χ2v) is 4.05. The van der Waals surface area contributed by atoms with Gasteiger partial charge in [-0.25, -0.2) is 4.39 Å². The van der Waals surface area contributed by atoms with Gasteiger partial charge in [-0.05, 0) is 33.1 Å². The van der Waals surface area contributed by atoms with Crippen LogP contribution in [0, 0.1) is 0 Å². The average molecular weight is 189 g/mol. The Balaban J connectivity index is 2.45. The summed E-state index contributed by atoms with van der Waals surface area (Å²) in [6.45, 7) is 2.42. The highest BCUT2D eigenvalue weighted by Gasteiger charge is 2.32. The van der Waals surface area contributed by atoms with Gasteiger partial charge in [0.2, 0.25) is 0 Å². The molecule has 1 aliphatic rings. The highest BCUT2D eigenvalue weighted by Crippen LogP contribution is 2.20. The number of alkyl halides is 1. The molecule has 2 unspecified atom stereocenters. The first-order chi connectivity index (χ1) is 5.91.